The van der Waals surface area contributed by atoms with Gasteiger partial charge in [-0.15, -0.1) is 0 Å². The third kappa shape index (κ3) is 8.64. The molecule has 0 bridgehead atoms. The Kier molecular flexibility index (Phi) is 9.61. The summed E-state index contributed by atoms with van der Waals surface area (Å²) in [7, 11) is 0. The maximum absolute atomic E-state index is 12.1. The lowest BCUT2D eigenvalue weighted by Crippen LogP contribution is -2.15. The van der Waals surface area contributed by atoms with Crippen LogP contribution in [0.5, 0.6) is 0 Å². The molecule has 0 aromatic carbocycles. The first-order chi connectivity index (χ1) is 15.2. The van der Waals surface area contributed by atoms with Crippen molar-refractivity contribution in [3.63, 3.8) is 0 Å². The molecule has 0 N–H and O–H groups in total. The minimum Gasteiger partial charge on any atom is -0.459 e. The highest BCUT2D eigenvalue weighted by Crippen LogP contribution is 2.16. The number of carbonyl (C=O) groups is 4. The van der Waals surface area contributed by atoms with Crippen LogP contribution in [0.1, 0.15) is 40.5 Å². The Morgan fingerprint density at radius 1 is 0.750 bits per heavy atom. The molecule has 0 spiro atoms. The molecule has 0 aliphatic carbocycles. The molecule has 10 nitrogen and oxygen atoms in total. The van der Waals surface area contributed by atoms with Gasteiger partial charge < -0.3 is 28.4 Å². The number of carbonyl (C=O) groups excluding carboxylic acids is 4. The Morgan fingerprint density at radius 3 is 1.38 bits per heavy atom. The number of ether oxygens (including phenoxy) is 6. The molecule has 176 valence electrons. The molecular formula is C22H28O10. The van der Waals surface area contributed by atoms with E-state index in [1.807, 2.05) is 0 Å². The van der Waals surface area contributed by atoms with Gasteiger partial charge in [-0.05, 0) is 13.8 Å². The van der Waals surface area contributed by atoms with Crippen LogP contribution in [0.15, 0.2) is 34.8 Å². The maximum atomic E-state index is 12.1. The molecule has 0 radical (unpaired) electrons. The normalized spacial score (nSPS) is 20.6. The van der Waals surface area contributed by atoms with Gasteiger partial charge in [-0.25, -0.2) is 19.2 Å². The first kappa shape index (κ1) is 25.3. The second-order valence-electron chi connectivity index (χ2n) is 7.09. The molecule has 2 heterocycles. The van der Waals surface area contributed by atoms with Gasteiger partial charge in [0.05, 0.1) is 24.4 Å². The fourth-order valence-corrected chi connectivity index (χ4v) is 2.38. The fraction of sp³-hybridized carbons (Fsp3) is 0.545. The van der Waals surface area contributed by atoms with Gasteiger partial charge in [0.2, 0.25) is 0 Å². The van der Waals surface area contributed by atoms with Crippen LogP contribution in [0.2, 0.25) is 0 Å². The first-order valence-corrected chi connectivity index (χ1v) is 10.3. The van der Waals surface area contributed by atoms with Crippen molar-refractivity contribution in [2.75, 3.05) is 26.4 Å². The van der Waals surface area contributed by atoms with E-state index in [1.54, 1.807) is 13.8 Å². The highest BCUT2D eigenvalue weighted by Gasteiger charge is 2.26. The van der Waals surface area contributed by atoms with E-state index in [-0.39, 0.29) is 60.9 Å². The van der Waals surface area contributed by atoms with E-state index >= 15 is 0 Å². The lowest BCUT2D eigenvalue weighted by molar-refractivity contribution is -0.141. The minimum atomic E-state index is -0.862. The second kappa shape index (κ2) is 12.2. The third-order valence-electron chi connectivity index (χ3n) is 4.50. The number of allylic oxidation sites excluding steroid dienone is 2. The topological polar surface area (TPSA) is 130 Å². The monoisotopic (exact) mass is 452 g/mol. The van der Waals surface area contributed by atoms with E-state index in [0.29, 0.717) is 13.2 Å². The van der Waals surface area contributed by atoms with Gasteiger partial charge in [0, 0.05) is 25.0 Å². The van der Waals surface area contributed by atoms with Crippen LogP contribution in [-0.4, -0.2) is 62.5 Å². The van der Waals surface area contributed by atoms with Crippen molar-refractivity contribution in [2.45, 2.75) is 52.7 Å². The van der Waals surface area contributed by atoms with Crippen molar-refractivity contribution in [1.82, 2.24) is 0 Å². The average Bonchev–Trinajstić information content (AvgIpc) is 3.70. The summed E-state index contributed by atoms with van der Waals surface area (Å²) in [5, 5.41) is 0. The molecule has 2 saturated heterocycles. The lowest BCUT2D eigenvalue weighted by atomic mass is 10.2. The summed E-state index contributed by atoms with van der Waals surface area (Å²) in [5.74, 6) is -2.69. The predicted octanol–water partition coefficient (Wildman–Crippen LogP) is 1.88. The van der Waals surface area contributed by atoms with Crippen LogP contribution < -0.4 is 0 Å². The lowest BCUT2D eigenvalue weighted by Gasteiger charge is -2.10. The largest absolute Gasteiger partial charge is 0.459 e. The second-order valence-corrected chi connectivity index (χ2v) is 7.09. The van der Waals surface area contributed by atoms with Crippen molar-refractivity contribution >= 4 is 23.9 Å². The van der Waals surface area contributed by atoms with Crippen LogP contribution in [-0.2, 0) is 47.6 Å². The maximum Gasteiger partial charge on any atom is 0.337 e. The summed E-state index contributed by atoms with van der Waals surface area (Å²) >= 11 is 0. The number of hydrogen-bond acceptors (Lipinski definition) is 10. The summed E-state index contributed by atoms with van der Waals surface area (Å²) in [6.07, 6.45) is 2.13. The molecule has 2 unspecified atom stereocenters. The Labute approximate surface area is 186 Å². The molecule has 0 aromatic heterocycles. The van der Waals surface area contributed by atoms with Crippen molar-refractivity contribution in [3.05, 3.63) is 34.8 Å². The van der Waals surface area contributed by atoms with Gasteiger partial charge in [-0.3, -0.25) is 0 Å². The molecule has 0 amide bonds. The Hall–Kier alpha value is -2.98. The van der Waals surface area contributed by atoms with Crippen molar-refractivity contribution in [1.29, 1.82) is 0 Å². The fourth-order valence-electron chi connectivity index (χ4n) is 2.38. The van der Waals surface area contributed by atoms with Gasteiger partial charge in [-0.2, -0.15) is 0 Å². The van der Waals surface area contributed by atoms with E-state index in [0.717, 1.165) is 12.2 Å². The zero-order valence-corrected chi connectivity index (χ0v) is 18.6. The van der Waals surface area contributed by atoms with E-state index < -0.39 is 23.9 Å². The smallest absolute Gasteiger partial charge is 0.337 e. The Bertz CT molecular complexity index is 760. The molecular weight excluding hydrogens is 424 g/mol. The van der Waals surface area contributed by atoms with Gasteiger partial charge in [0.15, 0.2) is 0 Å². The average molecular weight is 452 g/mol. The van der Waals surface area contributed by atoms with Crippen molar-refractivity contribution in [2.24, 2.45) is 0 Å². The number of rotatable bonds is 12. The summed E-state index contributed by atoms with van der Waals surface area (Å²) in [5.41, 5.74) is 0.304. The van der Waals surface area contributed by atoms with E-state index in [4.69, 9.17) is 28.4 Å². The third-order valence-corrected chi connectivity index (χ3v) is 4.50. The zero-order valence-electron chi connectivity index (χ0n) is 18.6. The van der Waals surface area contributed by atoms with Gasteiger partial charge >= 0.3 is 23.9 Å². The van der Waals surface area contributed by atoms with E-state index in [2.05, 4.69) is 0 Å². The van der Waals surface area contributed by atoms with Crippen molar-refractivity contribution < 1.29 is 47.6 Å². The SMILES string of the molecule is CCC(OC(=O)/C=C\C(=O)OC(CC)=C(C)C(=O)OCC1CO1)=C(C)C(=O)OCC1CO1. The predicted molar refractivity (Wildman–Crippen MR) is 109 cm³/mol. The number of epoxide rings is 2. The minimum absolute atomic E-state index is 0.0758. The summed E-state index contributed by atoms with van der Waals surface area (Å²) in [4.78, 5) is 48.1. The van der Waals surface area contributed by atoms with Crippen LogP contribution in [0, 0.1) is 0 Å². The van der Waals surface area contributed by atoms with Crippen LogP contribution >= 0.6 is 0 Å². The molecule has 0 saturated carbocycles. The summed E-state index contributed by atoms with van der Waals surface area (Å²) in [6, 6.07) is 0. The Balaban J connectivity index is 1.88. The standard InChI is InChI=1S/C22H28O10/c1-5-17(13(3)21(25)29-11-15-9-27-15)31-19(23)7-8-20(24)32-18(6-2)14(4)22(26)30-12-16-10-28-16/h7-8,15-16H,5-6,9-12H2,1-4H3/b8-7-,17-13?,18-14?. The van der Waals surface area contributed by atoms with Crippen LogP contribution in [0.25, 0.3) is 0 Å². The molecule has 2 atom stereocenters. The van der Waals surface area contributed by atoms with E-state index in [1.165, 1.54) is 13.8 Å². The summed E-state index contributed by atoms with van der Waals surface area (Å²) in [6.45, 7) is 7.76. The van der Waals surface area contributed by atoms with E-state index in [9.17, 15) is 19.2 Å². The molecule has 0 aromatic rings. The van der Waals surface area contributed by atoms with Gasteiger partial charge in [0.25, 0.3) is 0 Å². The number of esters is 4. The molecule has 2 aliphatic rings. The highest BCUT2D eigenvalue weighted by atomic mass is 16.6. The van der Waals surface area contributed by atoms with Crippen LogP contribution in [0.3, 0.4) is 0 Å². The Morgan fingerprint density at radius 2 is 1.09 bits per heavy atom. The number of hydrogen-bond donors (Lipinski definition) is 0. The zero-order chi connectivity index (χ0) is 23.7. The molecule has 32 heavy (non-hydrogen) atoms. The van der Waals surface area contributed by atoms with Gasteiger partial charge in [0.1, 0.15) is 36.9 Å². The van der Waals surface area contributed by atoms with Gasteiger partial charge in [-0.1, -0.05) is 13.8 Å². The molecule has 2 rings (SSSR count). The molecule has 2 fully saturated rings. The molecule has 10 heteroatoms. The van der Waals surface area contributed by atoms with Crippen LogP contribution in [0.4, 0.5) is 0 Å². The summed E-state index contributed by atoms with van der Waals surface area (Å²) < 4.78 is 30.4. The first-order valence-electron chi connectivity index (χ1n) is 10.3. The highest BCUT2D eigenvalue weighted by molar-refractivity contribution is 5.94. The molecule has 2 aliphatic heterocycles. The van der Waals surface area contributed by atoms with Crippen molar-refractivity contribution in [3.8, 4) is 0 Å². The quantitative estimate of drug-likeness (QED) is 0.142.